The second kappa shape index (κ2) is 9.66. The minimum absolute atomic E-state index is 0.281. The highest BCUT2D eigenvalue weighted by molar-refractivity contribution is 7.98. The Morgan fingerprint density at radius 1 is 1.35 bits per heavy atom. The smallest absolute Gasteiger partial charge is 0.319 e. The van der Waals surface area contributed by atoms with Gasteiger partial charge in [0.15, 0.2) is 0 Å². The topological polar surface area (TPSA) is 61.4 Å². The van der Waals surface area contributed by atoms with Crippen molar-refractivity contribution in [3.63, 3.8) is 0 Å². The van der Waals surface area contributed by atoms with Crippen LogP contribution in [0.15, 0.2) is 24.3 Å². The van der Waals surface area contributed by atoms with Crippen molar-refractivity contribution < 1.29 is 9.90 Å². The maximum atomic E-state index is 11.6. The van der Waals surface area contributed by atoms with Gasteiger partial charge in [0.1, 0.15) is 0 Å². The molecule has 0 saturated carbocycles. The predicted octanol–water partition coefficient (Wildman–Crippen LogP) is 2.87. The van der Waals surface area contributed by atoms with Crippen LogP contribution >= 0.6 is 11.8 Å². The van der Waals surface area contributed by atoms with Crippen molar-refractivity contribution in [2.24, 2.45) is 0 Å². The van der Waals surface area contributed by atoms with Gasteiger partial charge >= 0.3 is 6.03 Å². The van der Waals surface area contributed by atoms with E-state index in [1.807, 2.05) is 43.0 Å². The molecule has 1 unspecified atom stereocenters. The van der Waals surface area contributed by atoms with Gasteiger partial charge in [0.2, 0.25) is 0 Å². The molecule has 0 aliphatic heterocycles. The molecule has 20 heavy (non-hydrogen) atoms. The van der Waals surface area contributed by atoms with Crippen LogP contribution in [0, 0.1) is 0 Å². The van der Waals surface area contributed by atoms with Gasteiger partial charge in [-0.1, -0.05) is 25.5 Å². The summed E-state index contributed by atoms with van der Waals surface area (Å²) in [7, 11) is 0. The van der Waals surface area contributed by atoms with Crippen LogP contribution in [-0.2, 0) is 6.42 Å². The Morgan fingerprint density at radius 3 is 2.65 bits per heavy atom. The Bertz CT molecular complexity index is 395. The van der Waals surface area contributed by atoms with E-state index < -0.39 is 6.10 Å². The fourth-order valence-corrected chi connectivity index (χ4v) is 2.24. The summed E-state index contributed by atoms with van der Waals surface area (Å²) in [6.45, 7) is 2.29. The average Bonchev–Trinajstić information content (AvgIpc) is 2.45. The van der Waals surface area contributed by atoms with Crippen molar-refractivity contribution in [3.8, 4) is 0 Å². The fraction of sp³-hybridized carbons (Fsp3) is 0.533. The van der Waals surface area contributed by atoms with Gasteiger partial charge in [-0.2, -0.15) is 11.8 Å². The van der Waals surface area contributed by atoms with Crippen LogP contribution in [0.5, 0.6) is 0 Å². The summed E-state index contributed by atoms with van der Waals surface area (Å²) in [5.74, 6) is 1.10. The van der Waals surface area contributed by atoms with Crippen LogP contribution in [0.2, 0.25) is 0 Å². The second-order valence-corrected chi connectivity index (χ2v) is 5.70. The van der Waals surface area contributed by atoms with Crippen molar-refractivity contribution in [2.75, 3.05) is 23.9 Å². The molecule has 2 amide bonds. The number of rotatable bonds is 8. The Hall–Kier alpha value is -1.20. The number of aliphatic hydroxyl groups is 1. The molecule has 1 atom stereocenters. The van der Waals surface area contributed by atoms with Gasteiger partial charge in [-0.15, -0.1) is 0 Å². The van der Waals surface area contributed by atoms with Gasteiger partial charge in [0.05, 0.1) is 6.10 Å². The molecule has 0 heterocycles. The van der Waals surface area contributed by atoms with E-state index in [9.17, 15) is 9.90 Å². The number of urea groups is 1. The number of aryl methyl sites for hydroxylation is 1. The van der Waals surface area contributed by atoms with E-state index >= 15 is 0 Å². The van der Waals surface area contributed by atoms with Crippen molar-refractivity contribution in [1.29, 1.82) is 0 Å². The fourth-order valence-electron chi connectivity index (χ4n) is 1.80. The third-order valence-corrected chi connectivity index (χ3v) is 3.54. The highest BCUT2D eigenvalue weighted by atomic mass is 32.2. The molecular formula is C15H24N2O2S. The molecule has 1 rings (SSSR count). The standard InChI is InChI=1S/C15H24N2O2S/c1-3-4-14(18)11-16-15(19)17-13-7-5-12(6-8-13)9-10-20-2/h5-8,14,18H,3-4,9-11H2,1-2H3,(H2,16,17,19). The molecule has 0 aliphatic rings. The summed E-state index contributed by atoms with van der Waals surface area (Å²) >= 11 is 1.82. The van der Waals surface area contributed by atoms with Crippen molar-refractivity contribution in [1.82, 2.24) is 5.32 Å². The summed E-state index contributed by atoms with van der Waals surface area (Å²) in [6.07, 6.45) is 4.26. The molecule has 0 bridgehead atoms. The van der Waals surface area contributed by atoms with E-state index in [-0.39, 0.29) is 12.6 Å². The number of hydrogen-bond acceptors (Lipinski definition) is 3. The Morgan fingerprint density at radius 2 is 2.05 bits per heavy atom. The first-order chi connectivity index (χ1) is 9.65. The van der Waals surface area contributed by atoms with Gasteiger partial charge in [-0.05, 0) is 42.5 Å². The van der Waals surface area contributed by atoms with Crippen LogP contribution in [0.1, 0.15) is 25.3 Å². The molecule has 0 spiro atoms. The maximum Gasteiger partial charge on any atom is 0.319 e. The Balaban J connectivity index is 2.34. The summed E-state index contributed by atoms with van der Waals surface area (Å²) in [5.41, 5.74) is 2.03. The van der Waals surface area contributed by atoms with Crippen LogP contribution in [0.4, 0.5) is 10.5 Å². The normalized spacial score (nSPS) is 11.9. The summed E-state index contributed by atoms with van der Waals surface area (Å²) in [4.78, 5) is 11.6. The van der Waals surface area contributed by atoms with Gasteiger partial charge in [0.25, 0.3) is 0 Å². The van der Waals surface area contributed by atoms with Crippen LogP contribution in [0.3, 0.4) is 0 Å². The van der Waals surface area contributed by atoms with E-state index in [2.05, 4.69) is 16.9 Å². The van der Waals surface area contributed by atoms with Crippen molar-refractivity contribution >= 4 is 23.5 Å². The molecule has 4 nitrogen and oxygen atoms in total. The number of aliphatic hydroxyl groups excluding tert-OH is 1. The number of nitrogens with one attached hydrogen (secondary N) is 2. The van der Waals surface area contributed by atoms with E-state index in [0.29, 0.717) is 6.42 Å². The zero-order chi connectivity index (χ0) is 14.8. The quantitative estimate of drug-likeness (QED) is 0.691. The number of hydrogen-bond donors (Lipinski definition) is 3. The van der Waals surface area contributed by atoms with Crippen LogP contribution in [0.25, 0.3) is 0 Å². The molecule has 5 heteroatoms. The van der Waals surface area contributed by atoms with Crippen LogP contribution < -0.4 is 10.6 Å². The first-order valence-electron chi connectivity index (χ1n) is 6.96. The number of anilines is 1. The predicted molar refractivity (Wildman–Crippen MR) is 86.5 cm³/mol. The first-order valence-corrected chi connectivity index (χ1v) is 8.36. The molecule has 0 saturated heterocycles. The monoisotopic (exact) mass is 296 g/mol. The number of amides is 2. The average molecular weight is 296 g/mol. The Kier molecular flexibility index (Phi) is 8.14. The van der Waals surface area contributed by atoms with Crippen molar-refractivity contribution in [3.05, 3.63) is 29.8 Å². The highest BCUT2D eigenvalue weighted by Crippen LogP contribution is 2.11. The molecule has 1 aromatic rings. The van der Waals surface area contributed by atoms with E-state index in [1.54, 1.807) is 0 Å². The van der Waals surface area contributed by atoms with Gasteiger partial charge < -0.3 is 15.7 Å². The third kappa shape index (κ3) is 6.82. The van der Waals surface area contributed by atoms with Gasteiger partial charge in [-0.3, -0.25) is 0 Å². The molecular weight excluding hydrogens is 272 g/mol. The second-order valence-electron chi connectivity index (χ2n) is 4.72. The lowest BCUT2D eigenvalue weighted by Crippen LogP contribution is -2.35. The minimum atomic E-state index is -0.473. The highest BCUT2D eigenvalue weighted by Gasteiger charge is 2.06. The molecule has 0 aliphatic carbocycles. The summed E-state index contributed by atoms with van der Waals surface area (Å²) in [5, 5.41) is 15.0. The number of carbonyl (C=O) groups is 1. The van der Waals surface area contributed by atoms with E-state index in [1.165, 1.54) is 5.56 Å². The number of carbonyl (C=O) groups excluding carboxylic acids is 1. The van der Waals surface area contributed by atoms with E-state index in [4.69, 9.17) is 0 Å². The molecule has 0 aromatic heterocycles. The SMILES string of the molecule is CCCC(O)CNC(=O)Nc1ccc(CCSC)cc1. The molecule has 0 fully saturated rings. The summed E-state index contributed by atoms with van der Waals surface area (Å²) in [6, 6.07) is 7.57. The molecule has 0 radical (unpaired) electrons. The van der Waals surface area contributed by atoms with Crippen molar-refractivity contribution in [2.45, 2.75) is 32.3 Å². The lowest BCUT2D eigenvalue weighted by Gasteiger charge is -2.12. The lowest BCUT2D eigenvalue weighted by molar-refractivity contribution is 0.162. The summed E-state index contributed by atoms with van der Waals surface area (Å²) < 4.78 is 0. The Labute approximate surface area is 125 Å². The number of thioether (sulfide) groups is 1. The maximum absolute atomic E-state index is 11.6. The molecule has 3 N–H and O–H groups in total. The van der Waals surface area contributed by atoms with Gasteiger partial charge in [0, 0.05) is 12.2 Å². The zero-order valence-electron chi connectivity index (χ0n) is 12.2. The number of benzene rings is 1. The molecule has 1 aromatic carbocycles. The minimum Gasteiger partial charge on any atom is -0.391 e. The third-order valence-electron chi connectivity index (χ3n) is 2.93. The van der Waals surface area contributed by atoms with Gasteiger partial charge in [-0.25, -0.2) is 4.79 Å². The largest absolute Gasteiger partial charge is 0.391 e. The molecule has 112 valence electrons. The zero-order valence-corrected chi connectivity index (χ0v) is 13.0. The lowest BCUT2D eigenvalue weighted by atomic mass is 10.1. The van der Waals surface area contributed by atoms with E-state index in [0.717, 1.165) is 24.3 Å². The van der Waals surface area contributed by atoms with Crippen LogP contribution in [-0.4, -0.2) is 35.8 Å². The first kappa shape index (κ1) is 16.9.